The smallest absolute Gasteiger partial charge is 0.272 e. The summed E-state index contributed by atoms with van der Waals surface area (Å²) in [6.45, 7) is -0.0109. The summed E-state index contributed by atoms with van der Waals surface area (Å²) in [6.07, 6.45) is 4.13. The maximum Gasteiger partial charge on any atom is 0.272 e. The number of halogens is 4. The van der Waals surface area contributed by atoms with Crippen LogP contribution in [0.15, 0.2) is 61.2 Å². The molecular formula is C27H21F4N7O. The molecule has 0 bridgehead atoms. The molecular weight excluding hydrogens is 514 g/mol. The predicted octanol–water partition coefficient (Wildman–Crippen LogP) is 5.32. The van der Waals surface area contributed by atoms with Crippen LogP contribution in [0.2, 0.25) is 0 Å². The Kier molecular flexibility index (Phi) is 6.09. The second-order valence-corrected chi connectivity index (χ2v) is 9.52. The molecule has 3 heterocycles. The van der Waals surface area contributed by atoms with Gasteiger partial charge in [0.1, 0.15) is 29.3 Å². The number of imidazole rings is 1. The second-order valence-electron chi connectivity index (χ2n) is 9.52. The lowest BCUT2D eigenvalue weighted by atomic mass is 10.1. The first-order chi connectivity index (χ1) is 18.7. The number of aromatic nitrogens is 6. The van der Waals surface area contributed by atoms with E-state index < -0.39 is 29.4 Å². The monoisotopic (exact) mass is 535 g/mol. The van der Waals surface area contributed by atoms with Crippen molar-refractivity contribution in [1.29, 1.82) is 0 Å². The molecule has 1 saturated carbocycles. The van der Waals surface area contributed by atoms with E-state index in [0.717, 1.165) is 0 Å². The van der Waals surface area contributed by atoms with Crippen LogP contribution >= 0.6 is 0 Å². The van der Waals surface area contributed by atoms with Crippen LogP contribution in [0.4, 0.5) is 17.6 Å². The number of nitrogens with zero attached hydrogens (tertiary/aromatic N) is 5. The summed E-state index contributed by atoms with van der Waals surface area (Å²) in [5, 5.41) is 6.95. The van der Waals surface area contributed by atoms with Gasteiger partial charge in [-0.2, -0.15) is 5.10 Å². The average molecular weight is 536 g/mol. The van der Waals surface area contributed by atoms with Crippen molar-refractivity contribution in [2.75, 3.05) is 0 Å². The Bertz CT molecular complexity index is 1700. The van der Waals surface area contributed by atoms with Gasteiger partial charge in [0.05, 0.1) is 11.9 Å². The van der Waals surface area contributed by atoms with Gasteiger partial charge in [-0.1, -0.05) is 6.07 Å². The average Bonchev–Trinajstić information content (AvgIpc) is 3.65. The van der Waals surface area contributed by atoms with Crippen LogP contribution < -0.4 is 5.32 Å². The van der Waals surface area contributed by atoms with E-state index in [-0.39, 0.29) is 42.7 Å². The number of alkyl halides is 2. The van der Waals surface area contributed by atoms with E-state index >= 15 is 0 Å². The Labute approximate surface area is 219 Å². The lowest BCUT2D eigenvalue weighted by molar-refractivity contribution is 0.00755. The van der Waals surface area contributed by atoms with E-state index in [4.69, 9.17) is 0 Å². The molecule has 1 amide bonds. The molecule has 198 valence electrons. The second kappa shape index (κ2) is 9.61. The molecule has 6 rings (SSSR count). The number of benzene rings is 2. The Hall–Kier alpha value is -4.61. The number of H-pyrrole nitrogens is 1. The zero-order valence-electron chi connectivity index (χ0n) is 20.3. The Morgan fingerprint density at radius 2 is 1.97 bits per heavy atom. The third-order valence-corrected chi connectivity index (χ3v) is 6.71. The Balaban J connectivity index is 1.20. The van der Waals surface area contributed by atoms with Crippen molar-refractivity contribution < 1.29 is 22.4 Å². The molecule has 1 unspecified atom stereocenters. The van der Waals surface area contributed by atoms with Gasteiger partial charge in [0, 0.05) is 37.1 Å². The molecule has 8 nitrogen and oxygen atoms in total. The highest BCUT2D eigenvalue weighted by atomic mass is 19.3. The van der Waals surface area contributed by atoms with E-state index in [9.17, 15) is 22.4 Å². The van der Waals surface area contributed by atoms with Crippen molar-refractivity contribution in [3.63, 3.8) is 0 Å². The van der Waals surface area contributed by atoms with Crippen molar-refractivity contribution in [1.82, 2.24) is 35.0 Å². The minimum atomic E-state index is -2.74. The molecule has 0 saturated heterocycles. The number of hydrogen-bond acceptors (Lipinski definition) is 5. The quantitative estimate of drug-likeness (QED) is 0.287. The number of carbonyl (C=O) groups is 1. The van der Waals surface area contributed by atoms with Crippen LogP contribution in [0.25, 0.3) is 28.0 Å². The van der Waals surface area contributed by atoms with Gasteiger partial charge in [-0.3, -0.25) is 4.79 Å². The van der Waals surface area contributed by atoms with E-state index in [0.29, 0.717) is 28.2 Å². The van der Waals surface area contributed by atoms with E-state index in [1.807, 2.05) is 0 Å². The molecule has 0 radical (unpaired) electrons. The highest BCUT2D eigenvalue weighted by molar-refractivity contribution is 6.02. The molecule has 39 heavy (non-hydrogen) atoms. The van der Waals surface area contributed by atoms with Gasteiger partial charge in [0.2, 0.25) is 5.92 Å². The summed E-state index contributed by atoms with van der Waals surface area (Å²) >= 11 is 0. The van der Waals surface area contributed by atoms with Crippen molar-refractivity contribution in [2.45, 2.75) is 37.6 Å². The van der Waals surface area contributed by atoms with Gasteiger partial charge in [-0.15, -0.1) is 0 Å². The minimum Gasteiger partial charge on any atom is -0.347 e. The number of hydrogen-bond donors (Lipinski definition) is 2. The van der Waals surface area contributed by atoms with Gasteiger partial charge in [-0.25, -0.2) is 37.2 Å². The molecule has 2 N–H and O–H groups in total. The summed E-state index contributed by atoms with van der Waals surface area (Å²) in [4.78, 5) is 28.4. The van der Waals surface area contributed by atoms with Crippen LogP contribution in [-0.2, 0) is 6.54 Å². The third kappa shape index (κ3) is 5.09. The molecule has 1 aliphatic carbocycles. The first kappa shape index (κ1) is 24.7. The predicted molar refractivity (Wildman–Crippen MR) is 133 cm³/mol. The van der Waals surface area contributed by atoms with Crippen LogP contribution in [0, 0.1) is 11.6 Å². The molecule has 3 aromatic heterocycles. The normalized spacial score (nSPS) is 16.6. The van der Waals surface area contributed by atoms with Gasteiger partial charge >= 0.3 is 0 Å². The Morgan fingerprint density at radius 1 is 1.10 bits per heavy atom. The zero-order valence-corrected chi connectivity index (χ0v) is 20.3. The summed E-state index contributed by atoms with van der Waals surface area (Å²) in [5.74, 6) is -4.31. The third-order valence-electron chi connectivity index (χ3n) is 6.71. The molecule has 2 aromatic carbocycles. The summed E-state index contributed by atoms with van der Waals surface area (Å²) in [6, 6.07) is 10.3. The van der Waals surface area contributed by atoms with E-state index in [2.05, 4.69) is 30.4 Å². The van der Waals surface area contributed by atoms with Crippen molar-refractivity contribution >= 4 is 17.1 Å². The number of fused-ring (bicyclic) bond motifs is 1. The van der Waals surface area contributed by atoms with Crippen LogP contribution in [0.3, 0.4) is 0 Å². The molecule has 0 aliphatic heterocycles. The van der Waals surface area contributed by atoms with Gasteiger partial charge in [0.15, 0.2) is 11.3 Å². The van der Waals surface area contributed by atoms with Gasteiger partial charge < -0.3 is 10.3 Å². The lowest BCUT2D eigenvalue weighted by Crippen LogP contribution is -2.24. The van der Waals surface area contributed by atoms with Gasteiger partial charge in [0.25, 0.3) is 5.91 Å². The standard InChI is InChI=1S/C27H21F4N7O/c28-19-2-1-3-21(9-19)38-13-18(12-35-38)17-6-15(7-20(29)8-17)11-32-26(39)23-22-25(34-14-33-23)37-24(36-22)16-4-5-27(30,31)10-16/h1-3,6-9,12-14,16H,4-5,10-11H2,(H,32,39)(H,33,34,36,37). The maximum atomic E-state index is 14.5. The lowest BCUT2D eigenvalue weighted by Gasteiger charge is -2.08. The molecule has 12 heteroatoms. The largest absolute Gasteiger partial charge is 0.347 e. The maximum absolute atomic E-state index is 14.5. The fourth-order valence-corrected chi connectivity index (χ4v) is 4.81. The van der Waals surface area contributed by atoms with E-state index in [1.165, 1.54) is 41.5 Å². The van der Waals surface area contributed by atoms with Crippen molar-refractivity contribution in [3.8, 4) is 16.8 Å². The molecule has 0 spiro atoms. The SMILES string of the molecule is O=C(NCc1cc(F)cc(-c2cnn(-c3cccc(F)c3)c2)c1)c1ncnc2nc(C3CCC(F)(F)C3)[nH]c12. The van der Waals surface area contributed by atoms with Crippen LogP contribution in [-0.4, -0.2) is 41.5 Å². The fraction of sp³-hybridized carbons (Fsp3) is 0.222. The highest BCUT2D eigenvalue weighted by Gasteiger charge is 2.41. The van der Waals surface area contributed by atoms with E-state index in [1.54, 1.807) is 24.4 Å². The summed E-state index contributed by atoms with van der Waals surface area (Å²) in [5.41, 5.74) is 2.61. The number of amides is 1. The summed E-state index contributed by atoms with van der Waals surface area (Å²) < 4.78 is 56.9. The van der Waals surface area contributed by atoms with Crippen molar-refractivity contribution in [3.05, 3.63) is 89.9 Å². The van der Waals surface area contributed by atoms with Crippen LogP contribution in [0.1, 0.15) is 47.1 Å². The highest BCUT2D eigenvalue weighted by Crippen LogP contribution is 2.43. The topological polar surface area (TPSA) is 101 Å². The van der Waals surface area contributed by atoms with Crippen molar-refractivity contribution in [2.24, 2.45) is 0 Å². The number of rotatable bonds is 6. The first-order valence-corrected chi connectivity index (χ1v) is 12.2. The number of nitrogens with one attached hydrogen (secondary N) is 2. The minimum absolute atomic E-state index is 0.0107. The van der Waals surface area contributed by atoms with Crippen LogP contribution in [0.5, 0.6) is 0 Å². The first-order valence-electron chi connectivity index (χ1n) is 12.2. The molecule has 1 atom stereocenters. The number of carbonyl (C=O) groups excluding carboxylic acids is 1. The summed E-state index contributed by atoms with van der Waals surface area (Å²) in [7, 11) is 0. The molecule has 1 aliphatic rings. The number of aromatic amines is 1. The Morgan fingerprint density at radius 3 is 2.77 bits per heavy atom. The molecule has 1 fully saturated rings. The zero-order chi connectivity index (χ0) is 27.1. The molecule has 5 aromatic rings. The van der Waals surface area contributed by atoms with Gasteiger partial charge in [-0.05, 0) is 53.9 Å². The fourth-order valence-electron chi connectivity index (χ4n) is 4.81.